The van der Waals surface area contributed by atoms with E-state index < -0.39 is 17.5 Å². The first kappa shape index (κ1) is 13.2. The van der Waals surface area contributed by atoms with Crippen molar-refractivity contribution in [3.63, 3.8) is 0 Å². The van der Waals surface area contributed by atoms with Crippen molar-refractivity contribution in [1.29, 1.82) is 0 Å². The zero-order valence-electron chi connectivity index (χ0n) is 11.6. The van der Waals surface area contributed by atoms with Crippen LogP contribution in [0, 0.1) is 17.5 Å². The Kier molecular flexibility index (Phi) is 2.99. The molecule has 0 unspecified atom stereocenters. The molecule has 1 atom stereocenters. The lowest BCUT2D eigenvalue weighted by Crippen LogP contribution is -2.32. The van der Waals surface area contributed by atoms with Crippen LogP contribution in [-0.4, -0.2) is 28.5 Å². The number of benzene rings is 1. The number of hydrogen-bond acceptors (Lipinski definition) is 1. The van der Waals surface area contributed by atoms with Gasteiger partial charge in [0.2, 0.25) is 0 Å². The van der Waals surface area contributed by atoms with E-state index >= 15 is 0 Å². The molecule has 0 bridgehead atoms. The van der Waals surface area contributed by atoms with Crippen LogP contribution >= 0.6 is 0 Å². The van der Waals surface area contributed by atoms with Crippen molar-refractivity contribution in [2.24, 2.45) is 0 Å². The van der Waals surface area contributed by atoms with Gasteiger partial charge >= 0.3 is 0 Å². The molecule has 2 aromatic rings. The number of H-pyrrole nitrogens is 1. The van der Waals surface area contributed by atoms with Crippen LogP contribution < -0.4 is 0 Å². The Bertz CT molecular complexity index is 690. The first-order chi connectivity index (χ1) is 10.1. The number of rotatable bonds is 3. The van der Waals surface area contributed by atoms with Gasteiger partial charge in [0, 0.05) is 23.7 Å². The van der Waals surface area contributed by atoms with Gasteiger partial charge < -0.3 is 4.98 Å². The predicted molar refractivity (Wildman–Crippen MR) is 74.6 cm³/mol. The van der Waals surface area contributed by atoms with E-state index in [4.69, 9.17) is 0 Å². The highest BCUT2D eigenvalue weighted by molar-refractivity contribution is 5.84. The molecule has 1 saturated carbocycles. The van der Waals surface area contributed by atoms with E-state index in [0.29, 0.717) is 17.5 Å². The lowest BCUT2D eigenvalue weighted by atomic mass is 10.0. The van der Waals surface area contributed by atoms with Crippen LogP contribution in [0.5, 0.6) is 0 Å². The number of aromatic nitrogens is 1. The molecular weight excluding hydrogens is 277 g/mol. The molecule has 0 amide bonds. The summed E-state index contributed by atoms with van der Waals surface area (Å²) in [7, 11) is 0. The van der Waals surface area contributed by atoms with E-state index in [2.05, 4.69) is 9.88 Å². The monoisotopic (exact) mass is 294 g/mol. The Hall–Kier alpha value is -1.49. The van der Waals surface area contributed by atoms with Gasteiger partial charge in [-0.25, -0.2) is 13.2 Å². The summed E-state index contributed by atoms with van der Waals surface area (Å²) in [6.07, 6.45) is 7.28. The normalized spacial score (nSPS) is 23.3. The van der Waals surface area contributed by atoms with E-state index in [1.165, 1.54) is 19.3 Å². The number of nitrogens with one attached hydrogen (secondary N) is 1. The second-order valence-electron chi connectivity index (χ2n) is 6.19. The molecule has 1 aliphatic heterocycles. The highest BCUT2D eigenvalue weighted by Crippen LogP contribution is 2.35. The molecule has 1 N–H and O–H groups in total. The molecule has 2 aliphatic rings. The molecular formula is C16H17F3N2. The quantitative estimate of drug-likeness (QED) is 0.854. The van der Waals surface area contributed by atoms with Gasteiger partial charge in [0.05, 0.1) is 5.52 Å². The molecule has 4 rings (SSSR count). The Labute approximate surface area is 120 Å². The van der Waals surface area contributed by atoms with E-state index in [1.54, 1.807) is 6.20 Å². The van der Waals surface area contributed by atoms with E-state index in [9.17, 15) is 13.2 Å². The third-order valence-corrected chi connectivity index (χ3v) is 4.79. The van der Waals surface area contributed by atoms with E-state index in [-0.39, 0.29) is 5.52 Å². The fraction of sp³-hybridized carbons (Fsp3) is 0.500. The maximum Gasteiger partial charge on any atom is 0.196 e. The summed E-state index contributed by atoms with van der Waals surface area (Å²) in [5.74, 6) is -3.65. The molecule has 5 heteroatoms. The van der Waals surface area contributed by atoms with Gasteiger partial charge in [0.15, 0.2) is 17.5 Å². The third-order valence-electron chi connectivity index (χ3n) is 4.79. The molecule has 1 aliphatic carbocycles. The zero-order chi connectivity index (χ0) is 14.6. The SMILES string of the molecule is Fc1cc2c(C[C@H]3CCCN3C3CC3)c[nH]c2c(F)c1F. The Morgan fingerprint density at radius 2 is 1.95 bits per heavy atom. The number of fused-ring (bicyclic) bond motifs is 1. The fourth-order valence-corrected chi connectivity index (χ4v) is 3.61. The molecule has 0 radical (unpaired) electrons. The van der Waals surface area contributed by atoms with Gasteiger partial charge in [-0.3, -0.25) is 4.90 Å². The smallest absolute Gasteiger partial charge is 0.196 e. The minimum atomic E-state index is -1.41. The average Bonchev–Trinajstić information content (AvgIpc) is 3.09. The lowest BCUT2D eigenvalue weighted by Gasteiger charge is -2.23. The number of nitrogens with zero attached hydrogens (tertiary/aromatic N) is 1. The van der Waals surface area contributed by atoms with Crippen molar-refractivity contribution in [1.82, 2.24) is 9.88 Å². The molecule has 21 heavy (non-hydrogen) atoms. The van der Waals surface area contributed by atoms with Crippen LogP contribution in [0.15, 0.2) is 12.3 Å². The number of likely N-dealkylation sites (tertiary alicyclic amines) is 1. The molecule has 1 aromatic carbocycles. The van der Waals surface area contributed by atoms with Gasteiger partial charge in [-0.1, -0.05) is 0 Å². The fourth-order valence-electron chi connectivity index (χ4n) is 3.61. The molecule has 2 heterocycles. The predicted octanol–water partition coefficient (Wildman–Crippen LogP) is 3.75. The molecule has 1 saturated heterocycles. The number of halogens is 3. The highest BCUT2D eigenvalue weighted by Gasteiger charge is 2.36. The van der Waals surface area contributed by atoms with Crippen molar-refractivity contribution >= 4 is 10.9 Å². The Morgan fingerprint density at radius 1 is 1.14 bits per heavy atom. The minimum Gasteiger partial charge on any atom is -0.358 e. The standard InChI is InChI=1S/C16H17F3N2/c17-13-7-12-9(8-20-16(12)15(19)14(13)18)6-11-2-1-5-21(11)10-3-4-10/h7-8,10-11,20H,1-6H2/t11-/m1/s1. The van der Waals surface area contributed by atoms with Gasteiger partial charge in [-0.15, -0.1) is 0 Å². The zero-order valence-corrected chi connectivity index (χ0v) is 11.6. The largest absolute Gasteiger partial charge is 0.358 e. The average molecular weight is 294 g/mol. The summed E-state index contributed by atoms with van der Waals surface area (Å²) >= 11 is 0. The molecule has 2 nitrogen and oxygen atoms in total. The van der Waals surface area contributed by atoms with Crippen molar-refractivity contribution < 1.29 is 13.2 Å². The van der Waals surface area contributed by atoms with Crippen LogP contribution in [0.2, 0.25) is 0 Å². The van der Waals surface area contributed by atoms with E-state index in [0.717, 1.165) is 31.0 Å². The van der Waals surface area contributed by atoms with Gasteiger partial charge in [-0.05, 0) is 50.3 Å². The minimum absolute atomic E-state index is 0.0693. The summed E-state index contributed by atoms with van der Waals surface area (Å²) in [4.78, 5) is 5.28. The van der Waals surface area contributed by atoms with Gasteiger partial charge in [0.1, 0.15) is 0 Å². The maximum atomic E-state index is 13.7. The van der Waals surface area contributed by atoms with Crippen LogP contribution in [0.1, 0.15) is 31.2 Å². The molecule has 112 valence electrons. The molecule has 2 fully saturated rings. The Morgan fingerprint density at radius 3 is 2.71 bits per heavy atom. The first-order valence-electron chi connectivity index (χ1n) is 7.54. The summed E-state index contributed by atoms with van der Waals surface area (Å²) in [6.45, 7) is 1.12. The number of hydrogen-bond donors (Lipinski definition) is 1. The maximum absolute atomic E-state index is 13.7. The summed E-state index contributed by atoms with van der Waals surface area (Å²) < 4.78 is 40.5. The van der Waals surface area contributed by atoms with Crippen molar-refractivity contribution in [3.8, 4) is 0 Å². The first-order valence-corrected chi connectivity index (χ1v) is 7.54. The van der Waals surface area contributed by atoms with Crippen molar-refractivity contribution in [3.05, 3.63) is 35.3 Å². The third kappa shape index (κ3) is 2.14. The summed E-state index contributed by atoms with van der Waals surface area (Å²) in [5.41, 5.74) is 0.945. The second kappa shape index (κ2) is 4.77. The topological polar surface area (TPSA) is 19.0 Å². The highest BCUT2D eigenvalue weighted by atomic mass is 19.2. The van der Waals surface area contributed by atoms with Crippen LogP contribution in [-0.2, 0) is 6.42 Å². The van der Waals surface area contributed by atoms with Crippen LogP contribution in [0.4, 0.5) is 13.2 Å². The molecule has 0 spiro atoms. The Balaban J connectivity index is 1.67. The lowest BCUT2D eigenvalue weighted by molar-refractivity contribution is 0.242. The molecule has 1 aromatic heterocycles. The summed E-state index contributed by atoms with van der Waals surface area (Å²) in [5, 5.41) is 0.467. The van der Waals surface area contributed by atoms with Crippen molar-refractivity contribution in [2.75, 3.05) is 6.54 Å². The van der Waals surface area contributed by atoms with Crippen molar-refractivity contribution in [2.45, 2.75) is 44.2 Å². The number of aromatic amines is 1. The van der Waals surface area contributed by atoms with Gasteiger partial charge in [0.25, 0.3) is 0 Å². The van der Waals surface area contributed by atoms with E-state index in [1.807, 2.05) is 0 Å². The van der Waals surface area contributed by atoms with Crippen LogP contribution in [0.3, 0.4) is 0 Å². The second-order valence-corrected chi connectivity index (χ2v) is 6.19. The van der Waals surface area contributed by atoms with Crippen LogP contribution in [0.25, 0.3) is 10.9 Å². The summed E-state index contributed by atoms with van der Waals surface area (Å²) in [6, 6.07) is 2.25. The van der Waals surface area contributed by atoms with Gasteiger partial charge in [-0.2, -0.15) is 0 Å².